The van der Waals surface area contributed by atoms with E-state index in [9.17, 15) is 4.79 Å². The van der Waals surface area contributed by atoms with Crippen molar-refractivity contribution >= 4 is 5.91 Å². The molecule has 4 heteroatoms. The highest BCUT2D eigenvalue weighted by Gasteiger charge is 2.15. The van der Waals surface area contributed by atoms with Gasteiger partial charge in [-0.05, 0) is 18.8 Å². The molecule has 1 aromatic rings. The molecule has 4 nitrogen and oxygen atoms in total. The van der Waals surface area contributed by atoms with Crippen molar-refractivity contribution in [1.29, 1.82) is 0 Å². The van der Waals surface area contributed by atoms with Gasteiger partial charge in [-0.15, -0.1) is 0 Å². The largest absolute Gasteiger partial charge is 0.356 e. The lowest BCUT2D eigenvalue weighted by Crippen LogP contribution is -2.27. The summed E-state index contributed by atoms with van der Waals surface area (Å²) in [6.45, 7) is 0.702. The number of aromatic nitrogens is 2. The summed E-state index contributed by atoms with van der Waals surface area (Å²) in [7, 11) is 0. The molecule has 1 aromatic heterocycles. The molecule has 1 aliphatic rings. The van der Waals surface area contributed by atoms with Crippen LogP contribution in [0.25, 0.3) is 0 Å². The summed E-state index contributed by atoms with van der Waals surface area (Å²) < 4.78 is 0. The molecule has 1 fully saturated rings. The Kier molecular flexibility index (Phi) is 5.24. The molecular weight excluding hydrogens is 226 g/mol. The van der Waals surface area contributed by atoms with Gasteiger partial charge >= 0.3 is 0 Å². The van der Waals surface area contributed by atoms with E-state index in [0.29, 0.717) is 18.9 Å². The zero-order valence-corrected chi connectivity index (χ0v) is 11.0. The third-order valence-electron chi connectivity index (χ3n) is 3.72. The Hall–Kier alpha value is -1.32. The van der Waals surface area contributed by atoms with E-state index in [2.05, 4.69) is 15.3 Å². The van der Waals surface area contributed by atoms with Crippen molar-refractivity contribution < 1.29 is 4.79 Å². The number of hydrogen-bond donors (Lipinski definition) is 2. The van der Waals surface area contributed by atoms with Crippen molar-refractivity contribution in [1.82, 2.24) is 15.3 Å². The number of nitrogens with zero attached hydrogens (tertiary/aromatic N) is 1. The minimum Gasteiger partial charge on any atom is -0.356 e. The van der Waals surface area contributed by atoms with Gasteiger partial charge in [0.15, 0.2) is 0 Å². The zero-order chi connectivity index (χ0) is 12.6. The highest BCUT2D eigenvalue weighted by atomic mass is 16.1. The molecule has 0 atom stereocenters. The first kappa shape index (κ1) is 13.1. The van der Waals surface area contributed by atoms with E-state index in [-0.39, 0.29) is 5.91 Å². The summed E-state index contributed by atoms with van der Waals surface area (Å²) in [5.41, 5.74) is 1.07. The van der Waals surface area contributed by atoms with Crippen molar-refractivity contribution in [3.05, 3.63) is 18.2 Å². The molecule has 2 rings (SSSR count). The number of rotatable bonds is 5. The Morgan fingerprint density at radius 1 is 1.33 bits per heavy atom. The SMILES string of the molecule is O=C(CC1CCCCCC1)NCCc1cnc[nH]1. The van der Waals surface area contributed by atoms with Crippen molar-refractivity contribution in [3.8, 4) is 0 Å². The van der Waals surface area contributed by atoms with Crippen molar-refractivity contribution in [2.45, 2.75) is 51.4 Å². The lowest BCUT2D eigenvalue weighted by Gasteiger charge is -2.13. The van der Waals surface area contributed by atoms with Gasteiger partial charge in [0.05, 0.1) is 6.33 Å². The Bertz CT molecular complexity index is 340. The molecule has 18 heavy (non-hydrogen) atoms. The average molecular weight is 249 g/mol. The Balaban J connectivity index is 1.62. The molecule has 1 heterocycles. The first-order chi connectivity index (χ1) is 8.84. The number of hydrogen-bond acceptors (Lipinski definition) is 2. The van der Waals surface area contributed by atoms with Gasteiger partial charge in [0, 0.05) is 31.3 Å². The van der Waals surface area contributed by atoms with Crippen LogP contribution >= 0.6 is 0 Å². The fraction of sp³-hybridized carbons (Fsp3) is 0.714. The second kappa shape index (κ2) is 7.19. The van der Waals surface area contributed by atoms with Gasteiger partial charge in [-0.1, -0.05) is 25.7 Å². The minimum atomic E-state index is 0.210. The number of nitrogens with one attached hydrogen (secondary N) is 2. The number of amides is 1. The van der Waals surface area contributed by atoms with E-state index in [1.54, 1.807) is 12.5 Å². The number of carbonyl (C=O) groups is 1. The quantitative estimate of drug-likeness (QED) is 0.787. The number of imidazole rings is 1. The normalized spacial score (nSPS) is 17.3. The fourth-order valence-corrected chi connectivity index (χ4v) is 2.66. The summed E-state index contributed by atoms with van der Waals surface area (Å²) in [5, 5.41) is 3.00. The van der Waals surface area contributed by atoms with Gasteiger partial charge in [0.2, 0.25) is 5.91 Å². The van der Waals surface area contributed by atoms with Crippen LogP contribution in [0.15, 0.2) is 12.5 Å². The maximum Gasteiger partial charge on any atom is 0.220 e. The standard InChI is InChI=1S/C14H23N3O/c18-14(9-12-5-3-1-2-4-6-12)16-8-7-13-10-15-11-17-13/h10-12H,1-9H2,(H,15,17)(H,16,18). The van der Waals surface area contributed by atoms with Gasteiger partial charge < -0.3 is 10.3 Å². The van der Waals surface area contributed by atoms with Crippen LogP contribution in [0.1, 0.15) is 50.6 Å². The summed E-state index contributed by atoms with van der Waals surface area (Å²) in [5.74, 6) is 0.820. The molecule has 0 aliphatic heterocycles. The predicted molar refractivity (Wildman–Crippen MR) is 71.1 cm³/mol. The van der Waals surface area contributed by atoms with Crippen molar-refractivity contribution in [3.63, 3.8) is 0 Å². The molecule has 100 valence electrons. The monoisotopic (exact) mass is 249 g/mol. The van der Waals surface area contributed by atoms with Gasteiger partial charge in [-0.2, -0.15) is 0 Å². The van der Waals surface area contributed by atoms with Crippen LogP contribution in [0.2, 0.25) is 0 Å². The third-order valence-corrected chi connectivity index (χ3v) is 3.72. The van der Waals surface area contributed by atoms with E-state index in [1.807, 2.05) is 0 Å². The zero-order valence-electron chi connectivity index (χ0n) is 11.0. The maximum atomic E-state index is 11.8. The first-order valence-electron chi connectivity index (χ1n) is 7.08. The number of carbonyl (C=O) groups excluding carboxylic acids is 1. The molecule has 1 amide bonds. The Morgan fingerprint density at radius 2 is 2.11 bits per heavy atom. The van der Waals surface area contributed by atoms with Crippen LogP contribution in [0.4, 0.5) is 0 Å². The molecule has 1 saturated carbocycles. The third kappa shape index (κ3) is 4.51. The van der Waals surface area contributed by atoms with Gasteiger partial charge in [0.25, 0.3) is 0 Å². The lowest BCUT2D eigenvalue weighted by atomic mass is 9.96. The van der Waals surface area contributed by atoms with Crippen LogP contribution in [0.5, 0.6) is 0 Å². The van der Waals surface area contributed by atoms with E-state index in [4.69, 9.17) is 0 Å². The fourth-order valence-electron chi connectivity index (χ4n) is 2.66. The van der Waals surface area contributed by atoms with Crippen LogP contribution in [-0.4, -0.2) is 22.4 Å². The molecule has 0 spiro atoms. The smallest absolute Gasteiger partial charge is 0.220 e. The molecule has 1 aliphatic carbocycles. The Labute approximate surface area is 109 Å². The van der Waals surface area contributed by atoms with Gasteiger partial charge in [-0.3, -0.25) is 4.79 Å². The van der Waals surface area contributed by atoms with Crippen molar-refractivity contribution in [2.24, 2.45) is 5.92 Å². The molecular formula is C14H23N3O. The van der Waals surface area contributed by atoms with Gasteiger partial charge in [0.1, 0.15) is 0 Å². The second-order valence-corrected chi connectivity index (χ2v) is 5.24. The lowest BCUT2D eigenvalue weighted by molar-refractivity contribution is -0.122. The molecule has 2 N–H and O–H groups in total. The van der Waals surface area contributed by atoms with E-state index in [0.717, 1.165) is 12.1 Å². The number of aromatic amines is 1. The van der Waals surface area contributed by atoms with Gasteiger partial charge in [-0.25, -0.2) is 4.98 Å². The molecule has 0 radical (unpaired) electrons. The summed E-state index contributed by atoms with van der Waals surface area (Å²) in [6.07, 6.45) is 12.8. The average Bonchev–Trinajstić information content (AvgIpc) is 2.74. The summed E-state index contributed by atoms with van der Waals surface area (Å²) >= 11 is 0. The van der Waals surface area contributed by atoms with Crippen LogP contribution in [0, 0.1) is 5.92 Å². The number of H-pyrrole nitrogens is 1. The second-order valence-electron chi connectivity index (χ2n) is 5.24. The predicted octanol–water partition coefficient (Wildman–Crippen LogP) is 2.43. The van der Waals surface area contributed by atoms with E-state index >= 15 is 0 Å². The minimum absolute atomic E-state index is 0.210. The summed E-state index contributed by atoms with van der Waals surface area (Å²) in [6, 6.07) is 0. The topological polar surface area (TPSA) is 57.8 Å². The van der Waals surface area contributed by atoms with Crippen LogP contribution in [-0.2, 0) is 11.2 Å². The summed E-state index contributed by atoms with van der Waals surface area (Å²) in [4.78, 5) is 18.8. The molecule has 0 bridgehead atoms. The van der Waals surface area contributed by atoms with Crippen molar-refractivity contribution in [2.75, 3.05) is 6.54 Å². The van der Waals surface area contributed by atoms with Crippen LogP contribution < -0.4 is 5.32 Å². The molecule has 0 unspecified atom stereocenters. The van der Waals surface area contributed by atoms with E-state index in [1.165, 1.54) is 38.5 Å². The maximum absolute atomic E-state index is 11.8. The molecule has 0 saturated heterocycles. The van der Waals surface area contributed by atoms with Crippen LogP contribution in [0.3, 0.4) is 0 Å². The highest BCUT2D eigenvalue weighted by molar-refractivity contribution is 5.76. The Morgan fingerprint density at radius 3 is 2.78 bits per heavy atom. The molecule has 0 aromatic carbocycles. The highest BCUT2D eigenvalue weighted by Crippen LogP contribution is 2.25. The first-order valence-corrected chi connectivity index (χ1v) is 7.08. The van der Waals surface area contributed by atoms with E-state index < -0.39 is 0 Å².